The fourth-order valence-electron chi connectivity index (χ4n) is 0.595. The Balaban J connectivity index is 3.61. The third-order valence-corrected chi connectivity index (χ3v) is 1.37. The van der Waals surface area contributed by atoms with E-state index in [1.807, 2.05) is 0 Å². The Labute approximate surface area is 75.9 Å². The minimum Gasteiger partial charge on any atom is -0.462 e. The molecule has 0 aromatic carbocycles. The fraction of sp³-hybridized carbons (Fsp3) is 0.857. The van der Waals surface area contributed by atoms with Gasteiger partial charge >= 0.3 is 5.97 Å². The lowest BCUT2D eigenvalue weighted by molar-refractivity contribution is -0.149. The van der Waals surface area contributed by atoms with Crippen LogP contribution in [0, 0.1) is 0 Å². The van der Waals surface area contributed by atoms with Crippen molar-refractivity contribution in [3.05, 3.63) is 0 Å². The molecule has 0 aromatic heterocycles. The van der Waals surface area contributed by atoms with Gasteiger partial charge in [-0.3, -0.25) is 4.79 Å². The summed E-state index contributed by atoms with van der Waals surface area (Å²) in [6.45, 7) is -0.949. The minimum atomic E-state index is -1.08. The number of esters is 1. The van der Waals surface area contributed by atoms with Crippen molar-refractivity contribution in [2.75, 3.05) is 19.8 Å². The molecule has 78 valence electrons. The largest absolute Gasteiger partial charge is 0.462 e. The summed E-state index contributed by atoms with van der Waals surface area (Å²) in [5.41, 5.74) is 5.28. The van der Waals surface area contributed by atoms with Crippen LogP contribution in [-0.4, -0.2) is 53.3 Å². The van der Waals surface area contributed by atoms with E-state index in [1.165, 1.54) is 0 Å². The van der Waals surface area contributed by atoms with Gasteiger partial charge in [-0.2, -0.15) is 0 Å². The van der Waals surface area contributed by atoms with Gasteiger partial charge in [0, 0.05) is 6.61 Å². The van der Waals surface area contributed by atoms with E-state index in [9.17, 15) is 4.79 Å². The first-order valence-corrected chi connectivity index (χ1v) is 3.93. The van der Waals surface area contributed by atoms with Gasteiger partial charge in [0.15, 0.2) is 0 Å². The molecule has 6 nitrogen and oxygen atoms in total. The monoisotopic (exact) mass is 193 g/mol. The second-order valence-electron chi connectivity index (χ2n) is 2.59. The molecule has 0 spiro atoms. The highest BCUT2D eigenvalue weighted by molar-refractivity contribution is 5.75. The topological polar surface area (TPSA) is 113 Å². The lowest BCUT2D eigenvalue weighted by Crippen LogP contribution is -2.35. The molecule has 0 aliphatic heterocycles. The number of rotatable bonds is 6. The van der Waals surface area contributed by atoms with Gasteiger partial charge in [-0.05, 0) is 6.42 Å². The number of carbonyl (C=O) groups excluding carboxylic acids is 1. The van der Waals surface area contributed by atoms with Crippen LogP contribution < -0.4 is 5.73 Å². The van der Waals surface area contributed by atoms with Crippen LogP contribution in [0.15, 0.2) is 0 Å². The SMILES string of the molecule is N[C@@H](CCO)C(=O)OCC(O)CO. The van der Waals surface area contributed by atoms with Gasteiger partial charge in [0.25, 0.3) is 0 Å². The molecular formula is C7H15NO5. The van der Waals surface area contributed by atoms with Crippen molar-refractivity contribution in [2.45, 2.75) is 18.6 Å². The van der Waals surface area contributed by atoms with Gasteiger partial charge in [0.2, 0.25) is 0 Å². The molecule has 0 radical (unpaired) electrons. The van der Waals surface area contributed by atoms with Crippen molar-refractivity contribution >= 4 is 5.97 Å². The van der Waals surface area contributed by atoms with E-state index < -0.39 is 24.7 Å². The van der Waals surface area contributed by atoms with Gasteiger partial charge in [-0.25, -0.2) is 0 Å². The molecule has 13 heavy (non-hydrogen) atoms. The number of ether oxygens (including phenoxy) is 1. The number of aliphatic hydroxyl groups excluding tert-OH is 3. The van der Waals surface area contributed by atoms with Crippen LogP contribution in [0.4, 0.5) is 0 Å². The summed E-state index contributed by atoms with van der Waals surface area (Å²) in [6, 6.07) is -0.879. The highest BCUT2D eigenvalue weighted by Crippen LogP contribution is 1.92. The lowest BCUT2D eigenvalue weighted by atomic mass is 10.2. The zero-order valence-corrected chi connectivity index (χ0v) is 7.22. The third kappa shape index (κ3) is 5.53. The summed E-state index contributed by atoms with van der Waals surface area (Å²) in [6.07, 6.45) is -0.959. The molecule has 1 unspecified atom stereocenters. The first-order chi connectivity index (χ1) is 6.11. The van der Waals surface area contributed by atoms with Gasteiger partial charge in [0.05, 0.1) is 6.61 Å². The van der Waals surface area contributed by atoms with Crippen LogP contribution in [-0.2, 0) is 9.53 Å². The number of nitrogens with two attached hydrogens (primary N) is 1. The van der Waals surface area contributed by atoms with Crippen LogP contribution in [0.5, 0.6) is 0 Å². The van der Waals surface area contributed by atoms with E-state index in [0.29, 0.717) is 0 Å². The quantitative estimate of drug-likeness (QED) is 0.349. The zero-order chi connectivity index (χ0) is 10.3. The normalized spacial score (nSPS) is 15.1. The van der Waals surface area contributed by atoms with Crippen molar-refractivity contribution in [2.24, 2.45) is 5.73 Å². The molecule has 0 amide bonds. The molecule has 0 fully saturated rings. The predicted octanol–water partition coefficient (Wildman–Crippen LogP) is -2.41. The Kier molecular flexibility index (Phi) is 6.43. The van der Waals surface area contributed by atoms with Crippen LogP contribution in [0.3, 0.4) is 0 Å². The van der Waals surface area contributed by atoms with Gasteiger partial charge in [-0.1, -0.05) is 0 Å². The van der Waals surface area contributed by atoms with E-state index in [0.717, 1.165) is 0 Å². The smallest absolute Gasteiger partial charge is 0.323 e. The van der Waals surface area contributed by atoms with Crippen molar-refractivity contribution in [3.63, 3.8) is 0 Å². The summed E-state index contributed by atoms with van der Waals surface area (Å²) in [7, 11) is 0. The fourth-order valence-corrected chi connectivity index (χ4v) is 0.595. The highest BCUT2D eigenvalue weighted by atomic mass is 16.5. The predicted molar refractivity (Wildman–Crippen MR) is 43.7 cm³/mol. The Morgan fingerprint density at radius 2 is 2.08 bits per heavy atom. The van der Waals surface area contributed by atoms with Gasteiger partial charge in [0.1, 0.15) is 18.8 Å². The first-order valence-electron chi connectivity index (χ1n) is 3.93. The Bertz CT molecular complexity index is 152. The molecule has 0 saturated carbocycles. The van der Waals surface area contributed by atoms with Crippen molar-refractivity contribution in [1.29, 1.82) is 0 Å². The summed E-state index contributed by atoms with van der Waals surface area (Å²) in [5.74, 6) is -0.693. The van der Waals surface area contributed by atoms with Crippen LogP contribution >= 0.6 is 0 Å². The maximum atomic E-state index is 10.9. The molecular weight excluding hydrogens is 178 g/mol. The lowest BCUT2D eigenvalue weighted by Gasteiger charge is -2.12. The Morgan fingerprint density at radius 1 is 1.46 bits per heavy atom. The van der Waals surface area contributed by atoms with E-state index in [1.54, 1.807) is 0 Å². The number of hydrogen-bond acceptors (Lipinski definition) is 6. The molecule has 0 bridgehead atoms. The molecule has 0 saturated heterocycles. The summed E-state index contributed by atoms with van der Waals surface area (Å²) in [4.78, 5) is 10.9. The second kappa shape index (κ2) is 6.79. The van der Waals surface area contributed by atoms with Crippen LogP contribution in [0.25, 0.3) is 0 Å². The molecule has 5 N–H and O–H groups in total. The third-order valence-electron chi connectivity index (χ3n) is 1.37. The Morgan fingerprint density at radius 3 is 2.54 bits per heavy atom. The molecule has 6 heteroatoms. The summed E-state index contributed by atoms with van der Waals surface area (Å²) < 4.78 is 4.52. The molecule has 0 aliphatic rings. The van der Waals surface area contributed by atoms with Gasteiger partial charge in [-0.15, -0.1) is 0 Å². The summed E-state index contributed by atoms with van der Waals surface area (Å²) >= 11 is 0. The average Bonchev–Trinajstić information content (AvgIpc) is 2.13. The molecule has 0 aliphatic carbocycles. The van der Waals surface area contributed by atoms with E-state index in [2.05, 4.69) is 4.74 Å². The maximum Gasteiger partial charge on any atom is 0.323 e. The number of hydrogen-bond donors (Lipinski definition) is 4. The molecule has 0 aromatic rings. The zero-order valence-electron chi connectivity index (χ0n) is 7.22. The van der Waals surface area contributed by atoms with E-state index >= 15 is 0 Å². The molecule has 2 atom stereocenters. The minimum absolute atomic E-state index is 0.119. The van der Waals surface area contributed by atoms with Crippen molar-refractivity contribution in [1.82, 2.24) is 0 Å². The number of carbonyl (C=O) groups is 1. The van der Waals surface area contributed by atoms with E-state index in [4.69, 9.17) is 21.1 Å². The first kappa shape index (κ1) is 12.3. The Hall–Kier alpha value is -0.690. The standard InChI is InChI=1S/C7H15NO5/c8-6(1-2-9)7(12)13-4-5(11)3-10/h5-6,9-11H,1-4,8H2/t5?,6-/m0/s1. The van der Waals surface area contributed by atoms with Crippen molar-refractivity contribution in [3.8, 4) is 0 Å². The average molecular weight is 193 g/mol. The maximum absolute atomic E-state index is 10.9. The van der Waals surface area contributed by atoms with E-state index in [-0.39, 0.29) is 19.6 Å². The van der Waals surface area contributed by atoms with Crippen LogP contribution in [0.1, 0.15) is 6.42 Å². The summed E-state index contributed by atoms with van der Waals surface area (Å²) in [5, 5.41) is 25.6. The highest BCUT2D eigenvalue weighted by Gasteiger charge is 2.15. The number of aliphatic hydroxyl groups is 3. The second-order valence-corrected chi connectivity index (χ2v) is 2.59. The molecule has 0 heterocycles. The van der Waals surface area contributed by atoms with Crippen LogP contribution in [0.2, 0.25) is 0 Å². The van der Waals surface area contributed by atoms with Crippen molar-refractivity contribution < 1.29 is 24.9 Å². The van der Waals surface area contributed by atoms with Gasteiger partial charge < -0.3 is 25.8 Å². The molecule has 0 rings (SSSR count).